The molecule has 3 rings (SSSR count). The van der Waals surface area contributed by atoms with Crippen molar-refractivity contribution < 1.29 is 14.1 Å². The van der Waals surface area contributed by atoms with Crippen molar-refractivity contribution in [3.63, 3.8) is 0 Å². The molecular formula is C15H10ClN3O4S. The molecule has 0 fully saturated rings. The summed E-state index contributed by atoms with van der Waals surface area (Å²) < 4.78 is 10.7. The number of nitro groups is 1. The van der Waals surface area contributed by atoms with Crippen molar-refractivity contribution in [2.45, 2.75) is 10.1 Å². The Morgan fingerprint density at radius 1 is 1.21 bits per heavy atom. The summed E-state index contributed by atoms with van der Waals surface area (Å²) in [4.78, 5) is 10.8. The van der Waals surface area contributed by atoms with Crippen molar-refractivity contribution in [3.05, 3.63) is 57.6 Å². The highest BCUT2D eigenvalue weighted by atomic mass is 35.5. The van der Waals surface area contributed by atoms with Gasteiger partial charge >= 0.3 is 0 Å². The highest BCUT2D eigenvalue weighted by Crippen LogP contribution is 2.35. The molecule has 0 aliphatic carbocycles. The fourth-order valence-corrected chi connectivity index (χ4v) is 2.85. The molecule has 7 nitrogen and oxygen atoms in total. The van der Waals surface area contributed by atoms with E-state index >= 15 is 0 Å². The van der Waals surface area contributed by atoms with Gasteiger partial charge in [-0.05, 0) is 42.1 Å². The predicted molar refractivity (Wildman–Crippen MR) is 88.5 cm³/mol. The van der Waals surface area contributed by atoms with E-state index in [-0.39, 0.29) is 15.9 Å². The zero-order valence-electron chi connectivity index (χ0n) is 12.3. The van der Waals surface area contributed by atoms with Crippen LogP contribution in [0.3, 0.4) is 0 Å². The van der Waals surface area contributed by atoms with Crippen molar-refractivity contribution >= 4 is 29.1 Å². The molecule has 1 heterocycles. The van der Waals surface area contributed by atoms with Gasteiger partial charge < -0.3 is 9.15 Å². The fourth-order valence-electron chi connectivity index (χ4n) is 1.88. The SMILES string of the molecule is COc1ccc(-c2nnc(Sc3ccc([N+](=O)[O-])cc3Cl)o2)cc1. The van der Waals surface area contributed by atoms with Crippen molar-refractivity contribution in [1.29, 1.82) is 0 Å². The van der Waals surface area contributed by atoms with E-state index in [1.165, 1.54) is 12.1 Å². The molecule has 1 aromatic heterocycles. The van der Waals surface area contributed by atoms with Crippen molar-refractivity contribution in [2.24, 2.45) is 0 Å². The average molecular weight is 364 g/mol. The molecular weight excluding hydrogens is 354 g/mol. The molecule has 0 saturated carbocycles. The Bertz CT molecular complexity index is 883. The van der Waals surface area contributed by atoms with Gasteiger partial charge in [0.2, 0.25) is 5.89 Å². The minimum atomic E-state index is -0.505. The van der Waals surface area contributed by atoms with E-state index in [1.807, 2.05) is 0 Å². The molecule has 0 radical (unpaired) electrons. The number of nitro benzene ring substituents is 1. The zero-order chi connectivity index (χ0) is 17.1. The van der Waals surface area contributed by atoms with Crippen LogP contribution in [-0.2, 0) is 0 Å². The zero-order valence-corrected chi connectivity index (χ0v) is 13.9. The van der Waals surface area contributed by atoms with Crippen molar-refractivity contribution in [2.75, 3.05) is 7.11 Å². The molecule has 3 aromatic rings. The number of aromatic nitrogens is 2. The number of non-ortho nitro benzene ring substituents is 1. The van der Waals surface area contributed by atoms with Crippen LogP contribution in [-0.4, -0.2) is 22.2 Å². The Morgan fingerprint density at radius 2 is 1.96 bits per heavy atom. The lowest BCUT2D eigenvalue weighted by molar-refractivity contribution is -0.384. The van der Waals surface area contributed by atoms with E-state index in [9.17, 15) is 10.1 Å². The van der Waals surface area contributed by atoms with E-state index < -0.39 is 4.92 Å². The van der Waals surface area contributed by atoms with Crippen LogP contribution in [0.5, 0.6) is 5.75 Å². The van der Waals surface area contributed by atoms with Gasteiger partial charge in [-0.2, -0.15) is 0 Å². The number of rotatable bonds is 5. The van der Waals surface area contributed by atoms with Gasteiger partial charge in [0.1, 0.15) is 5.75 Å². The predicted octanol–water partition coefficient (Wildman–Crippen LogP) is 4.46. The number of ether oxygens (including phenoxy) is 1. The van der Waals surface area contributed by atoms with Crippen LogP contribution >= 0.6 is 23.4 Å². The number of methoxy groups -OCH3 is 1. The van der Waals surface area contributed by atoms with Gasteiger partial charge in [-0.15, -0.1) is 10.2 Å². The highest BCUT2D eigenvalue weighted by Gasteiger charge is 2.14. The van der Waals surface area contributed by atoms with Crippen LogP contribution in [0, 0.1) is 10.1 Å². The summed E-state index contributed by atoms with van der Waals surface area (Å²) in [6, 6.07) is 11.4. The topological polar surface area (TPSA) is 91.3 Å². The number of nitrogens with zero attached hydrogens (tertiary/aromatic N) is 3. The number of hydrogen-bond donors (Lipinski definition) is 0. The number of benzene rings is 2. The summed E-state index contributed by atoms with van der Waals surface area (Å²) >= 11 is 7.19. The molecule has 0 amide bonds. The molecule has 0 aliphatic heterocycles. The third-order valence-electron chi connectivity index (χ3n) is 3.07. The molecule has 0 saturated heterocycles. The third kappa shape index (κ3) is 3.50. The first-order chi connectivity index (χ1) is 11.6. The van der Waals surface area contributed by atoms with E-state index in [2.05, 4.69) is 10.2 Å². The summed E-state index contributed by atoms with van der Waals surface area (Å²) in [5.74, 6) is 1.09. The van der Waals surface area contributed by atoms with Crippen molar-refractivity contribution in [1.82, 2.24) is 10.2 Å². The van der Waals surface area contributed by atoms with Gasteiger partial charge in [0.15, 0.2) is 0 Å². The molecule has 0 atom stereocenters. The molecule has 0 unspecified atom stereocenters. The van der Waals surface area contributed by atoms with Crippen LogP contribution < -0.4 is 4.74 Å². The smallest absolute Gasteiger partial charge is 0.281 e. The number of hydrogen-bond acceptors (Lipinski definition) is 7. The van der Waals surface area contributed by atoms with Crippen LogP contribution in [0.25, 0.3) is 11.5 Å². The fraction of sp³-hybridized carbons (Fsp3) is 0.0667. The largest absolute Gasteiger partial charge is 0.497 e. The Hall–Kier alpha value is -2.58. The molecule has 24 heavy (non-hydrogen) atoms. The second-order valence-corrected chi connectivity index (χ2v) is 5.98. The minimum absolute atomic E-state index is 0.0752. The Kier molecular flexibility index (Phi) is 4.68. The summed E-state index contributed by atoms with van der Waals surface area (Å²) in [5, 5.41) is 19.2. The minimum Gasteiger partial charge on any atom is -0.497 e. The van der Waals surface area contributed by atoms with Gasteiger partial charge in [0.25, 0.3) is 10.9 Å². The average Bonchev–Trinajstić information content (AvgIpc) is 3.05. The van der Waals surface area contributed by atoms with E-state index in [1.54, 1.807) is 37.4 Å². The van der Waals surface area contributed by atoms with Crippen molar-refractivity contribution in [3.8, 4) is 17.2 Å². The van der Waals surface area contributed by atoms with Crippen LogP contribution in [0.15, 0.2) is 57.0 Å². The van der Waals surface area contributed by atoms with Gasteiger partial charge in [-0.3, -0.25) is 10.1 Å². The van der Waals surface area contributed by atoms with Crippen LogP contribution in [0.2, 0.25) is 5.02 Å². The summed E-state index contributed by atoms with van der Waals surface area (Å²) in [6.45, 7) is 0. The van der Waals surface area contributed by atoms with E-state index in [0.717, 1.165) is 23.1 Å². The monoisotopic (exact) mass is 363 g/mol. The lowest BCUT2D eigenvalue weighted by atomic mass is 10.2. The van der Waals surface area contributed by atoms with Gasteiger partial charge in [0, 0.05) is 22.6 Å². The summed E-state index contributed by atoms with van der Waals surface area (Å²) in [6.07, 6.45) is 0. The molecule has 2 aromatic carbocycles. The lowest BCUT2D eigenvalue weighted by Gasteiger charge is -2.00. The third-order valence-corrected chi connectivity index (χ3v) is 4.41. The second-order valence-electron chi connectivity index (χ2n) is 4.58. The quantitative estimate of drug-likeness (QED) is 0.488. The van der Waals surface area contributed by atoms with E-state index in [0.29, 0.717) is 10.8 Å². The van der Waals surface area contributed by atoms with Crippen LogP contribution in [0.4, 0.5) is 5.69 Å². The highest BCUT2D eigenvalue weighted by molar-refractivity contribution is 7.99. The van der Waals surface area contributed by atoms with Gasteiger partial charge in [-0.1, -0.05) is 11.6 Å². The molecule has 0 aliphatic rings. The van der Waals surface area contributed by atoms with E-state index in [4.69, 9.17) is 20.8 Å². The molecule has 0 N–H and O–H groups in total. The second kappa shape index (κ2) is 6.90. The Morgan fingerprint density at radius 3 is 2.58 bits per heavy atom. The first kappa shape index (κ1) is 16.3. The Labute approximate surface area is 145 Å². The first-order valence-electron chi connectivity index (χ1n) is 6.66. The Balaban J connectivity index is 1.79. The maximum atomic E-state index is 10.7. The molecule has 122 valence electrons. The van der Waals surface area contributed by atoms with Crippen LogP contribution in [0.1, 0.15) is 0 Å². The molecule has 0 spiro atoms. The van der Waals surface area contributed by atoms with Gasteiger partial charge in [0.05, 0.1) is 17.1 Å². The first-order valence-corrected chi connectivity index (χ1v) is 7.86. The molecule has 0 bridgehead atoms. The standard InChI is InChI=1S/C15H10ClN3O4S/c1-22-11-5-2-9(3-6-11)14-17-18-15(23-14)24-13-7-4-10(19(20)21)8-12(13)16/h2-8H,1H3. The summed E-state index contributed by atoms with van der Waals surface area (Å²) in [7, 11) is 1.59. The number of halogens is 1. The summed E-state index contributed by atoms with van der Waals surface area (Å²) in [5.41, 5.74) is 0.679. The maximum Gasteiger partial charge on any atom is 0.281 e. The lowest BCUT2D eigenvalue weighted by Crippen LogP contribution is -1.87. The van der Waals surface area contributed by atoms with Gasteiger partial charge in [-0.25, -0.2) is 0 Å². The molecule has 9 heteroatoms. The maximum absolute atomic E-state index is 10.7. The normalized spacial score (nSPS) is 10.6.